The second-order valence-corrected chi connectivity index (χ2v) is 5.85. The molecule has 1 rings (SSSR count). The third-order valence-corrected chi connectivity index (χ3v) is 4.58. The SMILES string of the molecule is CC(C)C(C)N(C)C1(C(=O)O)CCCCCC1. The van der Waals surface area contributed by atoms with E-state index in [1.165, 1.54) is 12.8 Å². The first-order valence-corrected chi connectivity index (χ1v) is 6.88. The van der Waals surface area contributed by atoms with Gasteiger partial charge in [-0.25, -0.2) is 0 Å². The van der Waals surface area contributed by atoms with Crippen molar-refractivity contribution in [2.24, 2.45) is 5.92 Å². The lowest BCUT2D eigenvalue weighted by molar-refractivity contribution is -0.154. The van der Waals surface area contributed by atoms with Gasteiger partial charge in [0.05, 0.1) is 0 Å². The monoisotopic (exact) mass is 241 g/mol. The molecule has 0 amide bonds. The quantitative estimate of drug-likeness (QED) is 0.769. The zero-order valence-electron chi connectivity index (χ0n) is 11.7. The molecule has 1 aliphatic carbocycles. The van der Waals surface area contributed by atoms with E-state index in [2.05, 4.69) is 25.7 Å². The van der Waals surface area contributed by atoms with E-state index in [-0.39, 0.29) is 0 Å². The Morgan fingerprint density at radius 2 is 1.59 bits per heavy atom. The second-order valence-electron chi connectivity index (χ2n) is 5.85. The van der Waals surface area contributed by atoms with Gasteiger partial charge in [0, 0.05) is 6.04 Å². The van der Waals surface area contributed by atoms with Crippen molar-refractivity contribution in [1.82, 2.24) is 4.90 Å². The molecule has 1 aliphatic rings. The molecule has 17 heavy (non-hydrogen) atoms. The number of carboxylic acids is 1. The summed E-state index contributed by atoms with van der Waals surface area (Å²) in [6, 6.07) is 0.309. The fourth-order valence-electron chi connectivity index (χ4n) is 2.87. The Morgan fingerprint density at radius 1 is 1.12 bits per heavy atom. The van der Waals surface area contributed by atoms with Gasteiger partial charge in [-0.05, 0) is 32.7 Å². The van der Waals surface area contributed by atoms with Gasteiger partial charge in [-0.15, -0.1) is 0 Å². The van der Waals surface area contributed by atoms with Gasteiger partial charge < -0.3 is 5.11 Å². The average Bonchev–Trinajstić information content (AvgIpc) is 2.53. The van der Waals surface area contributed by atoms with Crippen molar-refractivity contribution in [3.8, 4) is 0 Å². The highest BCUT2D eigenvalue weighted by Crippen LogP contribution is 2.34. The summed E-state index contributed by atoms with van der Waals surface area (Å²) in [5.74, 6) is -0.145. The first kappa shape index (κ1) is 14.5. The van der Waals surface area contributed by atoms with E-state index in [9.17, 15) is 9.90 Å². The van der Waals surface area contributed by atoms with Crippen LogP contribution in [0.4, 0.5) is 0 Å². The molecule has 100 valence electrons. The number of hydrogen-bond acceptors (Lipinski definition) is 2. The lowest BCUT2D eigenvalue weighted by atomic mass is 9.86. The summed E-state index contributed by atoms with van der Waals surface area (Å²) in [6.45, 7) is 6.46. The van der Waals surface area contributed by atoms with Crippen LogP contribution < -0.4 is 0 Å². The molecule has 1 fully saturated rings. The third kappa shape index (κ3) is 3.01. The molecule has 1 saturated carbocycles. The predicted octanol–water partition coefficient (Wildman–Crippen LogP) is 3.14. The van der Waals surface area contributed by atoms with Crippen LogP contribution in [0.25, 0.3) is 0 Å². The van der Waals surface area contributed by atoms with Crippen molar-refractivity contribution in [2.45, 2.75) is 70.9 Å². The summed E-state index contributed by atoms with van der Waals surface area (Å²) in [4.78, 5) is 13.9. The smallest absolute Gasteiger partial charge is 0.324 e. The fraction of sp³-hybridized carbons (Fsp3) is 0.929. The number of rotatable bonds is 4. The first-order chi connectivity index (χ1) is 7.92. The van der Waals surface area contributed by atoms with Crippen molar-refractivity contribution in [2.75, 3.05) is 7.05 Å². The van der Waals surface area contributed by atoms with E-state index >= 15 is 0 Å². The normalized spacial score (nSPS) is 22.5. The molecule has 0 aromatic carbocycles. The lowest BCUT2D eigenvalue weighted by Gasteiger charge is -2.42. The van der Waals surface area contributed by atoms with Crippen molar-refractivity contribution in [3.63, 3.8) is 0 Å². The molecule has 3 nitrogen and oxygen atoms in total. The highest BCUT2D eigenvalue weighted by molar-refractivity contribution is 5.78. The number of aliphatic carboxylic acids is 1. The molecular formula is C14H27NO2. The Bertz CT molecular complexity index is 255. The standard InChI is InChI=1S/C14H27NO2/c1-11(2)12(3)15(4)14(13(16)17)9-7-5-6-8-10-14/h11-12H,5-10H2,1-4H3,(H,16,17). The number of carboxylic acid groups (broad SMARTS) is 1. The maximum absolute atomic E-state index is 11.8. The summed E-state index contributed by atoms with van der Waals surface area (Å²) < 4.78 is 0. The van der Waals surface area contributed by atoms with Crippen LogP contribution in [0.2, 0.25) is 0 Å². The molecule has 0 heterocycles. The molecule has 1 unspecified atom stereocenters. The van der Waals surface area contributed by atoms with Gasteiger partial charge in [-0.3, -0.25) is 9.69 Å². The summed E-state index contributed by atoms with van der Waals surface area (Å²) in [5, 5.41) is 9.67. The minimum Gasteiger partial charge on any atom is -0.480 e. The summed E-state index contributed by atoms with van der Waals surface area (Å²) in [7, 11) is 1.99. The topological polar surface area (TPSA) is 40.5 Å². The maximum atomic E-state index is 11.8. The molecular weight excluding hydrogens is 214 g/mol. The van der Waals surface area contributed by atoms with E-state index in [1.54, 1.807) is 0 Å². The van der Waals surface area contributed by atoms with Crippen molar-refractivity contribution in [1.29, 1.82) is 0 Å². The van der Waals surface area contributed by atoms with E-state index in [0.717, 1.165) is 25.7 Å². The number of nitrogens with zero attached hydrogens (tertiary/aromatic N) is 1. The van der Waals surface area contributed by atoms with Gasteiger partial charge in [0.2, 0.25) is 0 Å². The van der Waals surface area contributed by atoms with Crippen LogP contribution in [0, 0.1) is 5.92 Å². The molecule has 0 spiro atoms. The van der Waals surface area contributed by atoms with E-state index in [1.807, 2.05) is 7.05 Å². The van der Waals surface area contributed by atoms with Crippen molar-refractivity contribution < 1.29 is 9.90 Å². The molecule has 0 radical (unpaired) electrons. The summed E-state index contributed by atoms with van der Waals surface area (Å²) >= 11 is 0. The zero-order valence-corrected chi connectivity index (χ0v) is 11.7. The van der Waals surface area contributed by atoms with E-state index in [0.29, 0.717) is 12.0 Å². The van der Waals surface area contributed by atoms with Crippen molar-refractivity contribution >= 4 is 5.97 Å². The van der Waals surface area contributed by atoms with Crippen LogP contribution >= 0.6 is 0 Å². The first-order valence-electron chi connectivity index (χ1n) is 6.88. The van der Waals surface area contributed by atoms with Crippen LogP contribution in [0.15, 0.2) is 0 Å². The fourth-order valence-corrected chi connectivity index (χ4v) is 2.87. The Morgan fingerprint density at radius 3 is 1.94 bits per heavy atom. The van der Waals surface area contributed by atoms with Gasteiger partial charge >= 0.3 is 5.97 Å². The number of carbonyl (C=O) groups is 1. The van der Waals surface area contributed by atoms with Crippen LogP contribution in [0.1, 0.15) is 59.3 Å². The van der Waals surface area contributed by atoms with Gasteiger partial charge in [0.25, 0.3) is 0 Å². The third-order valence-electron chi connectivity index (χ3n) is 4.58. The Balaban J connectivity index is 2.93. The van der Waals surface area contributed by atoms with Gasteiger partial charge in [0.1, 0.15) is 5.54 Å². The maximum Gasteiger partial charge on any atom is 0.324 e. The van der Waals surface area contributed by atoms with Crippen LogP contribution in [-0.2, 0) is 4.79 Å². The molecule has 1 atom stereocenters. The van der Waals surface area contributed by atoms with Crippen molar-refractivity contribution in [3.05, 3.63) is 0 Å². The predicted molar refractivity (Wildman–Crippen MR) is 70.1 cm³/mol. The number of hydrogen-bond donors (Lipinski definition) is 1. The van der Waals surface area contributed by atoms with Crippen LogP contribution in [-0.4, -0.2) is 34.6 Å². The van der Waals surface area contributed by atoms with Crippen LogP contribution in [0.5, 0.6) is 0 Å². The summed E-state index contributed by atoms with van der Waals surface area (Å²) in [6.07, 6.45) is 6.05. The molecule has 0 aromatic heterocycles. The largest absolute Gasteiger partial charge is 0.480 e. The van der Waals surface area contributed by atoms with Gasteiger partial charge in [-0.2, -0.15) is 0 Å². The Hall–Kier alpha value is -0.570. The summed E-state index contributed by atoms with van der Waals surface area (Å²) in [5.41, 5.74) is -0.625. The van der Waals surface area contributed by atoms with E-state index < -0.39 is 11.5 Å². The molecule has 0 aromatic rings. The highest BCUT2D eigenvalue weighted by atomic mass is 16.4. The molecule has 0 aliphatic heterocycles. The van der Waals surface area contributed by atoms with Gasteiger partial charge in [-0.1, -0.05) is 39.5 Å². The average molecular weight is 241 g/mol. The van der Waals surface area contributed by atoms with E-state index in [4.69, 9.17) is 0 Å². The molecule has 0 bridgehead atoms. The minimum atomic E-state index is -0.630. The van der Waals surface area contributed by atoms with Gasteiger partial charge in [0.15, 0.2) is 0 Å². The van der Waals surface area contributed by atoms with Crippen LogP contribution in [0.3, 0.4) is 0 Å². The number of likely N-dealkylation sites (N-methyl/N-ethyl adjacent to an activating group) is 1. The Kier molecular flexibility index (Phi) is 4.99. The highest BCUT2D eigenvalue weighted by Gasteiger charge is 2.44. The second kappa shape index (κ2) is 5.85. The Labute approximate surface area is 105 Å². The zero-order chi connectivity index (χ0) is 13.1. The molecule has 0 saturated heterocycles. The minimum absolute atomic E-state index is 0.309. The lowest BCUT2D eigenvalue weighted by Crippen LogP contribution is -2.56. The molecule has 1 N–H and O–H groups in total. The molecule has 3 heteroatoms.